The summed E-state index contributed by atoms with van der Waals surface area (Å²) in [6.07, 6.45) is 9.75. The Hall–Kier alpha value is -1.64. The molecule has 1 aliphatic carbocycles. The first-order valence-corrected chi connectivity index (χ1v) is 9.59. The van der Waals surface area contributed by atoms with Gasteiger partial charge >= 0.3 is 0 Å². The molecule has 0 aromatic heterocycles. The second kappa shape index (κ2) is 8.46. The van der Waals surface area contributed by atoms with Crippen LogP contribution in [0.25, 0.3) is 0 Å². The predicted molar refractivity (Wildman–Crippen MR) is 95.7 cm³/mol. The number of hydrogen-bond donors (Lipinski definition) is 0. The summed E-state index contributed by atoms with van der Waals surface area (Å²) < 4.78 is 0. The molecule has 1 heterocycles. The molecule has 2 fully saturated rings. The fourth-order valence-electron chi connectivity index (χ4n) is 4.43. The number of ketones is 1. The lowest BCUT2D eigenvalue weighted by Crippen LogP contribution is -2.49. The molecule has 1 aliphatic heterocycles. The molecular formula is C21H29NO2. The van der Waals surface area contributed by atoms with Crippen molar-refractivity contribution in [3.8, 4) is 0 Å². The fourth-order valence-corrected chi connectivity index (χ4v) is 4.43. The van der Waals surface area contributed by atoms with Crippen LogP contribution in [0, 0.1) is 5.92 Å². The topological polar surface area (TPSA) is 37.4 Å². The van der Waals surface area contributed by atoms with Crippen LogP contribution in [0.2, 0.25) is 0 Å². The van der Waals surface area contributed by atoms with Crippen molar-refractivity contribution in [3.05, 3.63) is 35.9 Å². The number of amides is 1. The first kappa shape index (κ1) is 17.2. The number of carbonyl (C=O) groups is 2. The SMILES string of the molecule is O=C(CCCC(=O)N1CCCC2CCCCC21)Cc1ccccc1. The summed E-state index contributed by atoms with van der Waals surface area (Å²) in [5.74, 6) is 1.25. The first-order valence-electron chi connectivity index (χ1n) is 9.59. The molecule has 3 rings (SSSR count). The van der Waals surface area contributed by atoms with E-state index in [9.17, 15) is 9.59 Å². The summed E-state index contributed by atoms with van der Waals surface area (Å²) in [6, 6.07) is 10.3. The molecule has 1 amide bonds. The van der Waals surface area contributed by atoms with Crippen molar-refractivity contribution in [2.75, 3.05) is 6.54 Å². The van der Waals surface area contributed by atoms with Crippen LogP contribution in [-0.4, -0.2) is 29.2 Å². The van der Waals surface area contributed by atoms with Crippen molar-refractivity contribution < 1.29 is 9.59 Å². The van der Waals surface area contributed by atoms with Gasteiger partial charge in [0.25, 0.3) is 0 Å². The third-order valence-electron chi connectivity index (χ3n) is 5.65. The Balaban J connectivity index is 1.42. The lowest BCUT2D eigenvalue weighted by molar-refractivity contribution is -0.137. The standard InChI is InChI=1S/C21H29NO2/c23-19(16-17-8-2-1-3-9-17)12-6-14-21(24)22-15-7-11-18-10-4-5-13-20(18)22/h1-3,8-9,18,20H,4-7,10-16H2. The van der Waals surface area contributed by atoms with E-state index >= 15 is 0 Å². The van der Waals surface area contributed by atoms with Crippen molar-refractivity contribution >= 4 is 11.7 Å². The lowest BCUT2D eigenvalue weighted by atomic mass is 9.78. The van der Waals surface area contributed by atoms with E-state index in [0.717, 1.165) is 24.4 Å². The van der Waals surface area contributed by atoms with E-state index in [2.05, 4.69) is 4.90 Å². The minimum atomic E-state index is 0.239. The van der Waals surface area contributed by atoms with Gasteiger partial charge in [0.05, 0.1) is 0 Å². The summed E-state index contributed by atoms with van der Waals surface area (Å²) >= 11 is 0. The van der Waals surface area contributed by atoms with E-state index in [-0.39, 0.29) is 11.7 Å². The van der Waals surface area contributed by atoms with E-state index in [0.29, 0.717) is 31.7 Å². The maximum atomic E-state index is 12.6. The third-order valence-corrected chi connectivity index (χ3v) is 5.65. The number of piperidine rings is 1. The maximum absolute atomic E-state index is 12.6. The van der Waals surface area contributed by atoms with Crippen LogP contribution in [0.5, 0.6) is 0 Å². The molecule has 3 nitrogen and oxygen atoms in total. The monoisotopic (exact) mass is 327 g/mol. The quantitative estimate of drug-likeness (QED) is 0.787. The molecule has 2 aliphatic rings. The van der Waals surface area contributed by atoms with Gasteiger partial charge in [-0.3, -0.25) is 9.59 Å². The molecule has 0 radical (unpaired) electrons. The number of hydrogen-bond acceptors (Lipinski definition) is 2. The zero-order valence-corrected chi connectivity index (χ0v) is 14.6. The van der Waals surface area contributed by atoms with Crippen LogP contribution in [0.4, 0.5) is 0 Å². The molecule has 2 unspecified atom stereocenters. The van der Waals surface area contributed by atoms with Gasteiger partial charge in [-0.05, 0) is 43.6 Å². The highest BCUT2D eigenvalue weighted by Crippen LogP contribution is 2.35. The predicted octanol–water partition coefficient (Wildman–Crippen LogP) is 4.15. The molecular weight excluding hydrogens is 298 g/mol. The van der Waals surface area contributed by atoms with Crippen LogP contribution in [0.1, 0.15) is 63.4 Å². The maximum Gasteiger partial charge on any atom is 0.222 e. The molecule has 24 heavy (non-hydrogen) atoms. The summed E-state index contributed by atoms with van der Waals surface area (Å²) in [6.45, 7) is 0.929. The van der Waals surface area contributed by atoms with Crippen molar-refractivity contribution in [2.45, 2.75) is 70.3 Å². The highest BCUT2D eigenvalue weighted by molar-refractivity contribution is 5.82. The highest BCUT2D eigenvalue weighted by Gasteiger charge is 2.35. The Bertz CT molecular complexity index is 552. The average molecular weight is 327 g/mol. The van der Waals surface area contributed by atoms with Crippen LogP contribution in [0.3, 0.4) is 0 Å². The van der Waals surface area contributed by atoms with Crippen molar-refractivity contribution in [1.29, 1.82) is 0 Å². The van der Waals surface area contributed by atoms with Crippen molar-refractivity contribution in [3.63, 3.8) is 0 Å². The number of Topliss-reactive ketones (excluding diaryl/α,β-unsaturated/α-hetero) is 1. The van der Waals surface area contributed by atoms with Gasteiger partial charge in [-0.25, -0.2) is 0 Å². The summed E-state index contributed by atoms with van der Waals surface area (Å²) in [4.78, 5) is 26.8. The van der Waals surface area contributed by atoms with Gasteiger partial charge in [-0.1, -0.05) is 43.2 Å². The number of rotatable bonds is 6. The van der Waals surface area contributed by atoms with Gasteiger partial charge in [0.15, 0.2) is 0 Å². The average Bonchev–Trinajstić information content (AvgIpc) is 2.62. The Morgan fingerprint density at radius 3 is 2.54 bits per heavy atom. The lowest BCUT2D eigenvalue weighted by Gasteiger charge is -2.44. The van der Waals surface area contributed by atoms with Gasteiger partial charge < -0.3 is 4.90 Å². The molecule has 1 aromatic carbocycles. The number of nitrogens with zero attached hydrogens (tertiary/aromatic N) is 1. The molecule has 130 valence electrons. The summed E-state index contributed by atoms with van der Waals surface area (Å²) in [7, 11) is 0. The van der Waals surface area contributed by atoms with Gasteiger partial charge in [0.2, 0.25) is 5.91 Å². The Kier molecular flexibility index (Phi) is 6.06. The smallest absolute Gasteiger partial charge is 0.222 e. The molecule has 1 saturated carbocycles. The third kappa shape index (κ3) is 4.46. The van der Waals surface area contributed by atoms with Gasteiger partial charge in [0.1, 0.15) is 5.78 Å². The Morgan fingerprint density at radius 1 is 0.958 bits per heavy atom. The minimum Gasteiger partial charge on any atom is -0.339 e. The van der Waals surface area contributed by atoms with E-state index in [4.69, 9.17) is 0 Å². The second-order valence-electron chi connectivity index (χ2n) is 7.40. The summed E-state index contributed by atoms with van der Waals surface area (Å²) in [5.41, 5.74) is 1.06. The second-order valence-corrected chi connectivity index (χ2v) is 7.40. The number of carbonyl (C=O) groups excluding carboxylic acids is 2. The van der Waals surface area contributed by atoms with Crippen LogP contribution >= 0.6 is 0 Å². The molecule has 2 atom stereocenters. The number of likely N-dealkylation sites (tertiary alicyclic amines) is 1. The normalized spacial score (nSPS) is 23.6. The van der Waals surface area contributed by atoms with Crippen molar-refractivity contribution in [2.24, 2.45) is 5.92 Å². The van der Waals surface area contributed by atoms with Gasteiger partial charge in [-0.15, -0.1) is 0 Å². The highest BCUT2D eigenvalue weighted by atomic mass is 16.2. The van der Waals surface area contributed by atoms with Crippen LogP contribution < -0.4 is 0 Å². The molecule has 3 heteroatoms. The number of benzene rings is 1. The molecule has 0 bridgehead atoms. The summed E-state index contributed by atoms with van der Waals surface area (Å²) in [5, 5.41) is 0. The minimum absolute atomic E-state index is 0.239. The largest absolute Gasteiger partial charge is 0.339 e. The zero-order valence-electron chi connectivity index (χ0n) is 14.6. The Labute approximate surface area is 145 Å². The zero-order chi connectivity index (χ0) is 16.8. The molecule has 0 N–H and O–H groups in total. The first-order chi connectivity index (χ1) is 11.7. The molecule has 1 aromatic rings. The van der Waals surface area contributed by atoms with Crippen LogP contribution in [-0.2, 0) is 16.0 Å². The Morgan fingerprint density at radius 2 is 1.71 bits per heavy atom. The van der Waals surface area contributed by atoms with Crippen LogP contribution in [0.15, 0.2) is 30.3 Å². The van der Waals surface area contributed by atoms with Gasteiger partial charge in [-0.2, -0.15) is 0 Å². The van der Waals surface area contributed by atoms with Crippen molar-refractivity contribution in [1.82, 2.24) is 4.90 Å². The fraction of sp³-hybridized carbons (Fsp3) is 0.619. The number of fused-ring (bicyclic) bond motifs is 1. The van der Waals surface area contributed by atoms with E-state index in [1.807, 2.05) is 30.3 Å². The van der Waals surface area contributed by atoms with E-state index in [1.54, 1.807) is 0 Å². The molecule has 1 saturated heterocycles. The van der Waals surface area contributed by atoms with E-state index < -0.39 is 0 Å². The molecule has 0 spiro atoms. The van der Waals surface area contributed by atoms with E-state index in [1.165, 1.54) is 32.1 Å². The van der Waals surface area contributed by atoms with Gasteiger partial charge in [0, 0.05) is 31.8 Å².